The van der Waals surface area contributed by atoms with Crippen molar-refractivity contribution in [3.8, 4) is 0 Å². The second-order valence-electron chi connectivity index (χ2n) is 5.68. The average Bonchev–Trinajstić information content (AvgIpc) is 2.44. The highest BCUT2D eigenvalue weighted by atomic mass is 19.2. The van der Waals surface area contributed by atoms with Crippen LogP contribution in [0.3, 0.4) is 0 Å². The van der Waals surface area contributed by atoms with Gasteiger partial charge in [0.05, 0.1) is 6.61 Å². The van der Waals surface area contributed by atoms with Gasteiger partial charge in [0.2, 0.25) is 0 Å². The van der Waals surface area contributed by atoms with E-state index in [0.717, 1.165) is 12.5 Å². The summed E-state index contributed by atoms with van der Waals surface area (Å²) in [6.45, 7) is 1.97. The molecular weight excluding hydrogens is 295 g/mol. The lowest BCUT2D eigenvalue weighted by Gasteiger charge is -2.36. The van der Waals surface area contributed by atoms with Crippen LogP contribution < -0.4 is 5.73 Å². The molecule has 0 bridgehead atoms. The van der Waals surface area contributed by atoms with E-state index in [1.54, 1.807) is 6.92 Å². The summed E-state index contributed by atoms with van der Waals surface area (Å²) in [5.74, 6) is -4.29. The van der Waals surface area contributed by atoms with Gasteiger partial charge < -0.3 is 10.5 Å². The zero-order valence-corrected chi connectivity index (χ0v) is 12.5. The van der Waals surface area contributed by atoms with Crippen molar-refractivity contribution in [2.24, 2.45) is 11.7 Å². The molecule has 1 aliphatic rings. The maximum Gasteiger partial charge on any atom is 0.306 e. The maximum absolute atomic E-state index is 14.1. The lowest BCUT2D eigenvalue weighted by molar-refractivity contribution is -0.144. The first-order valence-electron chi connectivity index (χ1n) is 7.49. The summed E-state index contributed by atoms with van der Waals surface area (Å²) in [5.41, 5.74) is 6.12. The van der Waals surface area contributed by atoms with E-state index in [2.05, 4.69) is 0 Å². The molecule has 0 spiro atoms. The van der Waals surface area contributed by atoms with Gasteiger partial charge in [0.25, 0.3) is 0 Å². The van der Waals surface area contributed by atoms with Gasteiger partial charge in [0.15, 0.2) is 11.6 Å². The largest absolute Gasteiger partial charge is 0.466 e. The molecule has 1 aromatic carbocycles. The molecule has 1 fully saturated rings. The predicted octanol–water partition coefficient (Wildman–Crippen LogP) is 3.27. The summed E-state index contributed by atoms with van der Waals surface area (Å²) in [6, 6.07) is 0.999. The number of rotatable bonds is 4. The van der Waals surface area contributed by atoms with Crippen molar-refractivity contribution in [3.63, 3.8) is 0 Å². The fraction of sp³-hybridized carbons (Fsp3) is 0.562. The predicted molar refractivity (Wildman–Crippen MR) is 75.6 cm³/mol. The topological polar surface area (TPSA) is 52.3 Å². The van der Waals surface area contributed by atoms with Gasteiger partial charge in [-0.05, 0) is 37.3 Å². The van der Waals surface area contributed by atoms with E-state index in [1.165, 1.54) is 0 Å². The third kappa shape index (κ3) is 3.61. The molecule has 22 heavy (non-hydrogen) atoms. The number of hydrogen-bond donors (Lipinski definition) is 1. The molecule has 0 heterocycles. The van der Waals surface area contributed by atoms with E-state index >= 15 is 0 Å². The summed E-state index contributed by atoms with van der Waals surface area (Å²) in [4.78, 5) is 11.7. The highest BCUT2D eigenvalue weighted by molar-refractivity contribution is 5.69. The van der Waals surface area contributed by atoms with Crippen molar-refractivity contribution in [1.29, 1.82) is 0 Å². The van der Waals surface area contributed by atoms with Crippen molar-refractivity contribution in [2.45, 2.75) is 44.6 Å². The summed E-state index contributed by atoms with van der Waals surface area (Å²) < 4.78 is 45.6. The SMILES string of the molecule is CCOC(=O)CC1CCCC(N)C1c1cc(F)c(F)cc1F. The Morgan fingerprint density at radius 2 is 1.91 bits per heavy atom. The number of benzene rings is 1. The molecule has 0 aromatic heterocycles. The monoisotopic (exact) mass is 315 g/mol. The fourth-order valence-electron chi connectivity index (χ4n) is 3.27. The van der Waals surface area contributed by atoms with Gasteiger partial charge in [-0.15, -0.1) is 0 Å². The smallest absolute Gasteiger partial charge is 0.306 e. The Morgan fingerprint density at radius 1 is 1.23 bits per heavy atom. The van der Waals surface area contributed by atoms with E-state index in [4.69, 9.17) is 10.5 Å². The third-order valence-electron chi connectivity index (χ3n) is 4.21. The lowest BCUT2D eigenvalue weighted by atomic mass is 9.71. The fourth-order valence-corrected chi connectivity index (χ4v) is 3.27. The number of esters is 1. The quantitative estimate of drug-likeness (QED) is 0.685. The summed E-state index contributed by atoms with van der Waals surface area (Å²) >= 11 is 0. The van der Waals surface area contributed by atoms with Crippen molar-refractivity contribution >= 4 is 5.97 Å². The Kier molecular flexibility index (Phi) is 5.45. The van der Waals surface area contributed by atoms with Gasteiger partial charge in [-0.2, -0.15) is 0 Å². The summed E-state index contributed by atoms with van der Waals surface area (Å²) in [5, 5.41) is 0. The highest BCUT2D eigenvalue weighted by Crippen LogP contribution is 2.40. The molecule has 2 N–H and O–H groups in total. The second-order valence-corrected chi connectivity index (χ2v) is 5.68. The van der Waals surface area contributed by atoms with Gasteiger partial charge in [-0.1, -0.05) is 6.42 Å². The number of carbonyl (C=O) groups excluding carboxylic acids is 1. The van der Waals surface area contributed by atoms with E-state index < -0.39 is 29.4 Å². The number of carbonyl (C=O) groups is 1. The Balaban J connectivity index is 2.30. The third-order valence-corrected chi connectivity index (χ3v) is 4.21. The molecule has 3 unspecified atom stereocenters. The first-order chi connectivity index (χ1) is 10.4. The van der Waals surface area contributed by atoms with Crippen LogP contribution in [0, 0.1) is 23.4 Å². The Morgan fingerprint density at radius 3 is 2.59 bits per heavy atom. The van der Waals surface area contributed by atoms with Crippen LogP contribution in [-0.4, -0.2) is 18.6 Å². The van der Waals surface area contributed by atoms with E-state index in [1.807, 2.05) is 0 Å². The molecule has 1 aromatic rings. The standard InChI is InChI=1S/C16H20F3NO2/c1-2-22-15(21)6-9-4-3-5-14(20)16(9)10-7-12(18)13(19)8-11(10)17/h7-9,14,16H,2-6,20H2,1H3. The van der Waals surface area contributed by atoms with Crippen molar-refractivity contribution in [3.05, 3.63) is 35.1 Å². The van der Waals surface area contributed by atoms with Crippen LogP contribution in [0.2, 0.25) is 0 Å². The van der Waals surface area contributed by atoms with E-state index in [0.29, 0.717) is 18.9 Å². The molecule has 2 rings (SSSR count). The first-order valence-corrected chi connectivity index (χ1v) is 7.49. The summed E-state index contributed by atoms with van der Waals surface area (Å²) in [7, 11) is 0. The molecule has 122 valence electrons. The van der Waals surface area contributed by atoms with E-state index in [-0.39, 0.29) is 30.5 Å². The molecule has 0 aliphatic heterocycles. The van der Waals surface area contributed by atoms with Crippen LogP contribution >= 0.6 is 0 Å². The molecular formula is C16H20F3NO2. The van der Waals surface area contributed by atoms with Crippen LogP contribution in [0.15, 0.2) is 12.1 Å². The van der Waals surface area contributed by atoms with Gasteiger partial charge in [-0.3, -0.25) is 4.79 Å². The molecule has 0 radical (unpaired) electrons. The summed E-state index contributed by atoms with van der Waals surface area (Å²) in [6.07, 6.45) is 2.25. The molecule has 0 saturated heterocycles. The number of halogens is 3. The van der Waals surface area contributed by atoms with Crippen LogP contribution in [0.4, 0.5) is 13.2 Å². The van der Waals surface area contributed by atoms with Crippen LogP contribution in [0.5, 0.6) is 0 Å². The van der Waals surface area contributed by atoms with Crippen molar-refractivity contribution in [1.82, 2.24) is 0 Å². The zero-order valence-electron chi connectivity index (χ0n) is 12.5. The van der Waals surface area contributed by atoms with Crippen molar-refractivity contribution in [2.75, 3.05) is 6.61 Å². The maximum atomic E-state index is 14.1. The molecule has 3 nitrogen and oxygen atoms in total. The zero-order chi connectivity index (χ0) is 16.3. The van der Waals surface area contributed by atoms with Crippen LogP contribution in [-0.2, 0) is 9.53 Å². The average molecular weight is 315 g/mol. The molecule has 6 heteroatoms. The van der Waals surface area contributed by atoms with Crippen LogP contribution in [0.1, 0.15) is 44.1 Å². The second kappa shape index (κ2) is 7.13. The number of nitrogens with two attached hydrogens (primary N) is 1. The van der Waals surface area contributed by atoms with E-state index in [9.17, 15) is 18.0 Å². The first kappa shape index (κ1) is 16.8. The Hall–Kier alpha value is -1.56. The van der Waals surface area contributed by atoms with Gasteiger partial charge in [0, 0.05) is 24.4 Å². The molecule has 3 atom stereocenters. The molecule has 1 aliphatic carbocycles. The Bertz CT molecular complexity index is 550. The normalized spacial score (nSPS) is 25.0. The van der Waals surface area contributed by atoms with Crippen molar-refractivity contribution < 1.29 is 22.7 Å². The minimum atomic E-state index is -1.23. The minimum Gasteiger partial charge on any atom is -0.466 e. The Labute approximate surface area is 127 Å². The van der Waals surface area contributed by atoms with Gasteiger partial charge in [0.1, 0.15) is 5.82 Å². The van der Waals surface area contributed by atoms with Gasteiger partial charge in [-0.25, -0.2) is 13.2 Å². The van der Waals surface area contributed by atoms with Crippen LogP contribution in [0.25, 0.3) is 0 Å². The minimum absolute atomic E-state index is 0.0420. The number of hydrogen-bond acceptors (Lipinski definition) is 3. The lowest BCUT2D eigenvalue weighted by Crippen LogP contribution is -2.38. The highest BCUT2D eigenvalue weighted by Gasteiger charge is 2.36. The molecule has 0 amide bonds. The molecule has 1 saturated carbocycles. The van der Waals surface area contributed by atoms with Gasteiger partial charge >= 0.3 is 5.97 Å². The number of ether oxygens (including phenoxy) is 1.